The highest BCUT2D eigenvalue weighted by atomic mass is 16.2. The average molecular weight is 233 g/mol. The molecule has 17 heavy (non-hydrogen) atoms. The molecule has 0 saturated carbocycles. The second-order valence-corrected chi connectivity index (χ2v) is 4.48. The number of nitrogens with one attached hydrogen (secondary N) is 2. The molecular formula is C13H19N3O. The molecule has 4 nitrogen and oxygen atoms in total. The normalized spacial score (nSPS) is 21.2. The van der Waals surface area contributed by atoms with Crippen LogP contribution in [0.25, 0.3) is 0 Å². The number of carbonyl (C=O) groups is 1. The molecule has 92 valence electrons. The number of rotatable bonds is 4. The third kappa shape index (κ3) is 3.54. The van der Waals surface area contributed by atoms with E-state index in [0.29, 0.717) is 6.54 Å². The molecule has 1 fully saturated rings. The van der Waals surface area contributed by atoms with Gasteiger partial charge in [-0.05, 0) is 12.6 Å². The summed E-state index contributed by atoms with van der Waals surface area (Å²) in [4.78, 5) is 13.8. The van der Waals surface area contributed by atoms with Crippen LogP contribution in [0.1, 0.15) is 5.56 Å². The van der Waals surface area contributed by atoms with Gasteiger partial charge in [0.25, 0.3) is 0 Å². The van der Waals surface area contributed by atoms with Crippen molar-refractivity contribution in [3.05, 3.63) is 35.9 Å². The van der Waals surface area contributed by atoms with Crippen molar-refractivity contribution < 1.29 is 4.79 Å². The van der Waals surface area contributed by atoms with Gasteiger partial charge in [0.1, 0.15) is 0 Å². The van der Waals surface area contributed by atoms with Gasteiger partial charge in [-0.3, -0.25) is 9.69 Å². The molecule has 1 aromatic rings. The molecule has 0 radical (unpaired) electrons. The summed E-state index contributed by atoms with van der Waals surface area (Å²) in [5.41, 5.74) is 1.26. The maximum atomic E-state index is 11.6. The molecule has 0 aromatic heterocycles. The Labute approximate surface area is 102 Å². The van der Waals surface area contributed by atoms with E-state index < -0.39 is 0 Å². The maximum absolute atomic E-state index is 11.6. The van der Waals surface area contributed by atoms with Gasteiger partial charge >= 0.3 is 0 Å². The third-order valence-corrected chi connectivity index (χ3v) is 2.91. The fourth-order valence-corrected chi connectivity index (χ4v) is 2.22. The van der Waals surface area contributed by atoms with E-state index in [1.54, 1.807) is 0 Å². The van der Waals surface area contributed by atoms with E-state index >= 15 is 0 Å². The molecule has 0 aliphatic carbocycles. The summed E-state index contributed by atoms with van der Waals surface area (Å²) in [6.07, 6.45) is 0. The summed E-state index contributed by atoms with van der Waals surface area (Å²) in [7, 11) is 1.91. The monoisotopic (exact) mass is 233 g/mol. The lowest BCUT2D eigenvalue weighted by Gasteiger charge is -2.32. The molecule has 1 amide bonds. The van der Waals surface area contributed by atoms with E-state index in [0.717, 1.165) is 19.6 Å². The maximum Gasteiger partial charge on any atom is 0.234 e. The minimum Gasteiger partial charge on any atom is -0.350 e. The number of benzene rings is 1. The Morgan fingerprint density at radius 3 is 2.88 bits per heavy atom. The highest BCUT2D eigenvalue weighted by Crippen LogP contribution is 2.07. The summed E-state index contributed by atoms with van der Waals surface area (Å²) in [5, 5.41) is 6.09. The van der Waals surface area contributed by atoms with Gasteiger partial charge in [0, 0.05) is 19.6 Å². The average Bonchev–Trinajstić information content (AvgIpc) is 2.30. The minimum atomic E-state index is 0.118. The van der Waals surface area contributed by atoms with Gasteiger partial charge < -0.3 is 10.6 Å². The molecule has 1 unspecified atom stereocenters. The summed E-state index contributed by atoms with van der Waals surface area (Å²) in [5.74, 6) is 0.118. The fraction of sp³-hybridized carbons (Fsp3) is 0.462. The number of hydrogen-bond acceptors (Lipinski definition) is 3. The van der Waals surface area contributed by atoms with Crippen LogP contribution in [0.4, 0.5) is 0 Å². The summed E-state index contributed by atoms with van der Waals surface area (Å²) >= 11 is 0. The molecule has 4 heteroatoms. The number of carbonyl (C=O) groups excluding carboxylic acids is 1. The summed E-state index contributed by atoms with van der Waals surface area (Å²) in [6, 6.07) is 10.5. The van der Waals surface area contributed by atoms with Crippen LogP contribution in [-0.2, 0) is 11.3 Å². The molecule has 2 N–H and O–H groups in total. The Balaban J connectivity index is 1.94. The summed E-state index contributed by atoms with van der Waals surface area (Å²) < 4.78 is 0. The molecule has 1 aromatic carbocycles. The Morgan fingerprint density at radius 2 is 2.18 bits per heavy atom. The number of nitrogens with zero attached hydrogens (tertiary/aromatic N) is 1. The van der Waals surface area contributed by atoms with E-state index in [1.165, 1.54) is 5.56 Å². The van der Waals surface area contributed by atoms with Crippen LogP contribution < -0.4 is 10.6 Å². The molecule has 0 spiro atoms. The standard InChI is InChI=1S/C13H19N3O/c1-14-7-12-9-16(10-13(17)15-12)8-11-5-3-2-4-6-11/h2-6,12,14H,7-10H2,1H3,(H,15,17). The van der Waals surface area contributed by atoms with Crippen LogP contribution in [0.15, 0.2) is 30.3 Å². The van der Waals surface area contributed by atoms with Crippen molar-refractivity contribution in [2.45, 2.75) is 12.6 Å². The number of piperazine rings is 1. The first-order chi connectivity index (χ1) is 8.28. The van der Waals surface area contributed by atoms with Crippen LogP contribution in [0.5, 0.6) is 0 Å². The van der Waals surface area contributed by atoms with Crippen molar-refractivity contribution in [3.63, 3.8) is 0 Å². The highest BCUT2D eigenvalue weighted by molar-refractivity contribution is 5.79. The van der Waals surface area contributed by atoms with Crippen LogP contribution >= 0.6 is 0 Å². The topological polar surface area (TPSA) is 44.4 Å². The van der Waals surface area contributed by atoms with Gasteiger partial charge in [-0.2, -0.15) is 0 Å². The SMILES string of the molecule is CNCC1CN(Cc2ccccc2)CC(=O)N1. The first kappa shape index (κ1) is 12.1. The van der Waals surface area contributed by atoms with E-state index in [4.69, 9.17) is 0 Å². The van der Waals surface area contributed by atoms with Crippen molar-refractivity contribution in [2.24, 2.45) is 0 Å². The van der Waals surface area contributed by atoms with Gasteiger partial charge in [0.2, 0.25) is 5.91 Å². The van der Waals surface area contributed by atoms with Crippen molar-refractivity contribution in [1.82, 2.24) is 15.5 Å². The van der Waals surface area contributed by atoms with Crippen molar-refractivity contribution in [3.8, 4) is 0 Å². The predicted octanol–water partition coefficient (Wildman–Crippen LogP) is 0.206. The largest absolute Gasteiger partial charge is 0.350 e. The first-order valence-corrected chi connectivity index (χ1v) is 5.98. The Hall–Kier alpha value is -1.39. The quantitative estimate of drug-likeness (QED) is 0.781. The Bertz CT molecular complexity index is 366. The molecule has 1 atom stereocenters. The van der Waals surface area contributed by atoms with Crippen molar-refractivity contribution in [1.29, 1.82) is 0 Å². The number of hydrogen-bond donors (Lipinski definition) is 2. The number of amides is 1. The van der Waals surface area contributed by atoms with Gasteiger partial charge in [-0.15, -0.1) is 0 Å². The molecule has 1 aliphatic heterocycles. The summed E-state index contributed by atoms with van der Waals surface area (Å²) in [6.45, 7) is 3.06. The van der Waals surface area contributed by atoms with Gasteiger partial charge in [0.05, 0.1) is 12.6 Å². The minimum absolute atomic E-state index is 0.118. The Kier molecular flexibility index (Phi) is 4.12. The molecule has 1 aliphatic rings. The molecule has 2 rings (SSSR count). The van der Waals surface area contributed by atoms with Crippen LogP contribution in [0.3, 0.4) is 0 Å². The van der Waals surface area contributed by atoms with Gasteiger partial charge in [-0.1, -0.05) is 30.3 Å². The predicted molar refractivity (Wildman–Crippen MR) is 67.6 cm³/mol. The number of likely N-dealkylation sites (N-methyl/N-ethyl adjacent to an activating group) is 1. The molecule has 0 bridgehead atoms. The van der Waals surface area contributed by atoms with Crippen molar-refractivity contribution in [2.75, 3.05) is 26.7 Å². The molecular weight excluding hydrogens is 214 g/mol. The smallest absolute Gasteiger partial charge is 0.234 e. The van der Waals surface area contributed by atoms with E-state index in [2.05, 4.69) is 27.7 Å². The van der Waals surface area contributed by atoms with E-state index in [1.807, 2.05) is 25.2 Å². The van der Waals surface area contributed by atoms with E-state index in [-0.39, 0.29) is 11.9 Å². The third-order valence-electron chi connectivity index (χ3n) is 2.91. The van der Waals surface area contributed by atoms with Crippen LogP contribution in [0.2, 0.25) is 0 Å². The zero-order valence-electron chi connectivity index (χ0n) is 10.1. The first-order valence-electron chi connectivity index (χ1n) is 5.98. The second-order valence-electron chi connectivity index (χ2n) is 4.48. The van der Waals surface area contributed by atoms with Crippen molar-refractivity contribution >= 4 is 5.91 Å². The van der Waals surface area contributed by atoms with Gasteiger partial charge in [-0.25, -0.2) is 0 Å². The fourth-order valence-electron chi connectivity index (χ4n) is 2.22. The van der Waals surface area contributed by atoms with Crippen LogP contribution in [0, 0.1) is 0 Å². The van der Waals surface area contributed by atoms with Crippen LogP contribution in [-0.4, -0.2) is 43.5 Å². The lowest BCUT2D eigenvalue weighted by Crippen LogP contribution is -2.56. The highest BCUT2D eigenvalue weighted by Gasteiger charge is 2.23. The lowest BCUT2D eigenvalue weighted by molar-refractivity contribution is -0.125. The van der Waals surface area contributed by atoms with E-state index in [9.17, 15) is 4.79 Å². The second kappa shape index (κ2) is 5.80. The Morgan fingerprint density at radius 1 is 1.41 bits per heavy atom. The van der Waals surface area contributed by atoms with Gasteiger partial charge in [0.15, 0.2) is 0 Å². The zero-order valence-corrected chi connectivity index (χ0v) is 10.1. The molecule has 1 saturated heterocycles. The zero-order chi connectivity index (χ0) is 12.1. The molecule has 1 heterocycles. The lowest BCUT2D eigenvalue weighted by atomic mass is 10.1.